The molecule has 5 rings (SSSR count). The van der Waals surface area contributed by atoms with Gasteiger partial charge in [-0.05, 0) is 75.1 Å². The van der Waals surface area contributed by atoms with E-state index in [4.69, 9.17) is 9.73 Å². The van der Waals surface area contributed by atoms with E-state index in [1.807, 2.05) is 0 Å². The molecule has 5 heteroatoms. The third kappa shape index (κ3) is 3.15. The number of carbonyl (C=O) groups is 2. The van der Waals surface area contributed by atoms with E-state index in [0.29, 0.717) is 11.8 Å². The first-order chi connectivity index (χ1) is 14.9. The van der Waals surface area contributed by atoms with E-state index in [2.05, 4.69) is 30.0 Å². The third-order valence-corrected chi connectivity index (χ3v) is 7.72. The van der Waals surface area contributed by atoms with E-state index in [0.717, 1.165) is 43.2 Å². The Balaban J connectivity index is 1.64. The second kappa shape index (κ2) is 7.31. The van der Waals surface area contributed by atoms with Gasteiger partial charge >= 0.3 is 0 Å². The molecule has 5 nitrogen and oxygen atoms in total. The quantitative estimate of drug-likeness (QED) is 0.705. The molecule has 2 fully saturated rings. The molecule has 0 aromatic heterocycles. The minimum atomic E-state index is -0.947. The minimum Gasteiger partial charge on any atom is -0.381 e. The number of carbonyl (C=O) groups excluding carboxylic acids is 2. The first-order valence-corrected chi connectivity index (χ1v) is 11.4. The Morgan fingerprint density at radius 1 is 1.26 bits per heavy atom. The smallest absolute Gasteiger partial charge is 0.260 e. The molecule has 0 N–H and O–H groups in total. The number of aliphatic imine (C=N–C) groups is 1. The number of ketones is 1. The highest BCUT2D eigenvalue weighted by molar-refractivity contribution is 6.14. The number of hydrogen-bond acceptors (Lipinski definition) is 4. The molecule has 2 spiro atoms. The van der Waals surface area contributed by atoms with Crippen molar-refractivity contribution in [2.75, 3.05) is 14.2 Å². The van der Waals surface area contributed by atoms with Gasteiger partial charge in [0, 0.05) is 31.1 Å². The van der Waals surface area contributed by atoms with Crippen LogP contribution in [0.1, 0.15) is 68.6 Å². The molecule has 1 atom stereocenters. The summed E-state index contributed by atoms with van der Waals surface area (Å²) in [7, 11) is 3.53. The fourth-order valence-electron chi connectivity index (χ4n) is 5.83. The van der Waals surface area contributed by atoms with Crippen molar-refractivity contribution in [2.24, 2.45) is 16.3 Å². The number of benzene rings is 1. The fourth-order valence-corrected chi connectivity index (χ4v) is 5.83. The van der Waals surface area contributed by atoms with Crippen molar-refractivity contribution in [3.63, 3.8) is 0 Å². The van der Waals surface area contributed by atoms with E-state index in [9.17, 15) is 9.59 Å². The Bertz CT molecular complexity index is 1030. The molecule has 1 amide bonds. The number of amidine groups is 1. The van der Waals surface area contributed by atoms with E-state index >= 15 is 0 Å². The van der Waals surface area contributed by atoms with Crippen molar-refractivity contribution < 1.29 is 14.3 Å². The number of rotatable bonds is 3. The summed E-state index contributed by atoms with van der Waals surface area (Å²) in [5.74, 6) is 7.81. The standard InChI is InChI=1S/C26H30N2O3/c1-17(29)14-23-27-26(24(30)28(23)2)22-15-19(7-6-18-4-5-18)8-9-20(22)16-25(26)12-10-21(31-3)11-13-25/h8-9,15,18,21H,4-5,10-14,16H2,1-3H3. The van der Waals surface area contributed by atoms with Gasteiger partial charge in [-0.25, -0.2) is 4.99 Å². The number of ether oxygens (including phenoxy) is 1. The first-order valence-electron chi connectivity index (χ1n) is 11.4. The van der Waals surface area contributed by atoms with Crippen molar-refractivity contribution >= 4 is 17.5 Å². The van der Waals surface area contributed by atoms with Crippen LogP contribution < -0.4 is 0 Å². The number of fused-ring (bicyclic) bond motifs is 3. The van der Waals surface area contributed by atoms with Crippen molar-refractivity contribution in [3.05, 3.63) is 34.9 Å². The van der Waals surface area contributed by atoms with Crippen LogP contribution >= 0.6 is 0 Å². The molecule has 1 aromatic carbocycles. The highest BCUT2D eigenvalue weighted by Gasteiger charge is 2.66. The van der Waals surface area contributed by atoms with Crippen LogP contribution in [0.15, 0.2) is 23.2 Å². The van der Waals surface area contributed by atoms with Crippen molar-refractivity contribution in [1.29, 1.82) is 0 Å². The van der Waals surface area contributed by atoms with Gasteiger partial charge in [0.2, 0.25) is 0 Å². The summed E-state index contributed by atoms with van der Waals surface area (Å²) in [5, 5.41) is 0. The summed E-state index contributed by atoms with van der Waals surface area (Å²) >= 11 is 0. The SMILES string of the molecule is COC1CCC2(CC1)Cc1ccc(C#CC3CC3)cc1C21N=C(CC(C)=O)N(C)C1=O. The molecular weight excluding hydrogens is 388 g/mol. The molecule has 0 radical (unpaired) electrons. The molecule has 3 aliphatic carbocycles. The maximum Gasteiger partial charge on any atom is 0.260 e. The average Bonchev–Trinajstić information content (AvgIpc) is 3.51. The predicted molar refractivity (Wildman–Crippen MR) is 119 cm³/mol. The predicted octanol–water partition coefficient (Wildman–Crippen LogP) is 3.62. The third-order valence-electron chi connectivity index (χ3n) is 7.72. The molecule has 1 aromatic rings. The van der Waals surface area contributed by atoms with Gasteiger partial charge in [-0.15, -0.1) is 0 Å². The zero-order valence-corrected chi connectivity index (χ0v) is 18.7. The molecule has 0 saturated heterocycles. The van der Waals surface area contributed by atoms with E-state index in [1.165, 1.54) is 18.4 Å². The Morgan fingerprint density at radius 3 is 2.65 bits per heavy atom. The van der Waals surface area contributed by atoms with E-state index in [1.54, 1.807) is 26.0 Å². The molecule has 1 aliphatic heterocycles. The highest BCUT2D eigenvalue weighted by Crippen LogP contribution is 2.62. The summed E-state index contributed by atoms with van der Waals surface area (Å²) in [4.78, 5) is 32.6. The fraction of sp³-hybridized carbons (Fsp3) is 0.577. The summed E-state index contributed by atoms with van der Waals surface area (Å²) in [6.07, 6.45) is 7.27. The molecule has 1 heterocycles. The number of nitrogens with zero attached hydrogens (tertiary/aromatic N) is 2. The Kier molecular flexibility index (Phi) is 4.82. The van der Waals surface area contributed by atoms with Crippen LogP contribution in [-0.2, 0) is 26.3 Å². The lowest BCUT2D eigenvalue weighted by Gasteiger charge is -2.45. The summed E-state index contributed by atoms with van der Waals surface area (Å²) in [6, 6.07) is 6.34. The lowest BCUT2D eigenvalue weighted by molar-refractivity contribution is -0.137. The normalized spacial score (nSPS) is 31.6. The van der Waals surface area contributed by atoms with Crippen LogP contribution in [-0.4, -0.2) is 42.7 Å². The minimum absolute atomic E-state index is 0.00525. The lowest BCUT2D eigenvalue weighted by atomic mass is 9.61. The summed E-state index contributed by atoms with van der Waals surface area (Å²) < 4.78 is 5.63. The molecule has 1 unspecified atom stereocenters. The van der Waals surface area contributed by atoms with Crippen LogP contribution in [0.2, 0.25) is 0 Å². The van der Waals surface area contributed by atoms with Gasteiger partial charge in [0.1, 0.15) is 11.6 Å². The van der Waals surface area contributed by atoms with Crippen molar-refractivity contribution in [3.8, 4) is 11.8 Å². The van der Waals surface area contributed by atoms with Crippen LogP contribution in [0.4, 0.5) is 0 Å². The Labute approximate surface area is 184 Å². The van der Waals surface area contributed by atoms with Crippen LogP contribution in [0, 0.1) is 23.2 Å². The summed E-state index contributed by atoms with van der Waals surface area (Å²) in [5.41, 5.74) is 1.94. The maximum atomic E-state index is 13.9. The van der Waals surface area contributed by atoms with Gasteiger partial charge in [-0.1, -0.05) is 17.9 Å². The van der Waals surface area contributed by atoms with E-state index < -0.39 is 5.54 Å². The average molecular weight is 419 g/mol. The number of hydrogen-bond donors (Lipinski definition) is 0. The second-order valence-corrected chi connectivity index (χ2v) is 9.79. The largest absolute Gasteiger partial charge is 0.381 e. The molecular formula is C26H30N2O3. The van der Waals surface area contributed by atoms with Gasteiger partial charge in [-0.2, -0.15) is 0 Å². The van der Waals surface area contributed by atoms with Crippen molar-refractivity contribution in [1.82, 2.24) is 4.90 Å². The molecule has 31 heavy (non-hydrogen) atoms. The van der Waals surface area contributed by atoms with Gasteiger partial charge in [-0.3, -0.25) is 9.59 Å². The molecule has 4 aliphatic rings. The highest BCUT2D eigenvalue weighted by atomic mass is 16.5. The van der Waals surface area contributed by atoms with E-state index in [-0.39, 0.29) is 29.6 Å². The maximum absolute atomic E-state index is 13.9. The van der Waals surface area contributed by atoms with Gasteiger partial charge in [0.05, 0.1) is 12.5 Å². The zero-order chi connectivity index (χ0) is 21.8. The monoisotopic (exact) mass is 418 g/mol. The number of amides is 1. The van der Waals surface area contributed by atoms with Crippen LogP contribution in [0.3, 0.4) is 0 Å². The lowest BCUT2D eigenvalue weighted by Crippen LogP contribution is -2.51. The van der Waals surface area contributed by atoms with Gasteiger partial charge < -0.3 is 9.64 Å². The van der Waals surface area contributed by atoms with Crippen LogP contribution in [0.25, 0.3) is 0 Å². The molecule has 2 saturated carbocycles. The topological polar surface area (TPSA) is 59.0 Å². The number of likely N-dealkylation sites (N-methyl/N-ethyl adjacent to an activating group) is 1. The first kappa shape index (κ1) is 20.5. The zero-order valence-electron chi connectivity index (χ0n) is 18.7. The Morgan fingerprint density at radius 2 is 2.00 bits per heavy atom. The Hall–Kier alpha value is -2.45. The molecule has 162 valence electrons. The number of methoxy groups -OCH3 is 1. The molecule has 0 bridgehead atoms. The van der Waals surface area contributed by atoms with Crippen LogP contribution in [0.5, 0.6) is 0 Å². The summed E-state index contributed by atoms with van der Waals surface area (Å²) in [6.45, 7) is 1.56. The van der Waals surface area contributed by atoms with Crippen molar-refractivity contribution in [2.45, 2.75) is 69.9 Å². The van der Waals surface area contributed by atoms with Gasteiger partial charge in [0.25, 0.3) is 5.91 Å². The number of Topliss-reactive ketones (excluding diaryl/α,β-unsaturated/α-hetero) is 1. The van der Waals surface area contributed by atoms with Gasteiger partial charge in [0.15, 0.2) is 5.54 Å². The second-order valence-electron chi connectivity index (χ2n) is 9.79.